The van der Waals surface area contributed by atoms with E-state index in [1.165, 1.54) is 16.7 Å². The second-order valence-electron chi connectivity index (χ2n) is 22.8. The maximum absolute atomic E-state index is 16.5. The molecule has 0 aliphatic heterocycles. The predicted molar refractivity (Wildman–Crippen MR) is 247 cm³/mol. The lowest BCUT2D eigenvalue weighted by Gasteiger charge is -2.63. The standard InChI is InChI=1S/C55H76FNO7/c1-8-21-55(63-7)23-20-42-39-13-10-33-26-36(58)12-14-38(33)50(39)40(31-53(42,55)4)34-11-17-46(45(56)27-34)57(6)24-25-64-37-19-22-52(3)35(28-37)29-47(59)51-43-16-15-41(32(2)9-18-49(61)62)54(43,5)48(60)30-44(51)52/h11,17,26-27,32,35,37,39-44,47-48,51,59-60H,9-10,12-16,18-20,22-25,28-31H2,1-7H3,(H,61,62)/t32-,35+,37+,39?,40-,41-,42?,43+,44+,47-,48+,51+,52+,53+,54-,55+/m1/s1. The van der Waals surface area contributed by atoms with Crippen molar-refractivity contribution in [1.29, 1.82) is 0 Å². The van der Waals surface area contributed by atoms with E-state index >= 15 is 4.39 Å². The van der Waals surface area contributed by atoms with Crippen LogP contribution in [0.25, 0.3) is 0 Å². The molecule has 6 fully saturated rings. The Hall–Kier alpha value is -3.03. The van der Waals surface area contributed by atoms with E-state index in [1.807, 2.05) is 38.1 Å². The quantitative estimate of drug-likeness (QED) is 0.188. The number of allylic oxidation sites excluding steroid dienone is 4. The Morgan fingerprint density at radius 3 is 2.53 bits per heavy atom. The van der Waals surface area contributed by atoms with Gasteiger partial charge in [-0.2, -0.15) is 0 Å². The van der Waals surface area contributed by atoms with Gasteiger partial charge in [0.05, 0.1) is 30.6 Å². The topological polar surface area (TPSA) is 117 Å². The fourth-order valence-corrected chi connectivity index (χ4v) is 17.1. The van der Waals surface area contributed by atoms with E-state index in [2.05, 4.69) is 45.6 Å². The third-order valence-electron chi connectivity index (χ3n) is 20.4. The number of carbonyl (C=O) groups excluding carboxylic acids is 1. The first-order chi connectivity index (χ1) is 30.5. The van der Waals surface area contributed by atoms with Gasteiger partial charge in [-0.05, 0) is 190 Å². The number of carbonyl (C=O) groups is 2. The van der Waals surface area contributed by atoms with Gasteiger partial charge in [-0.3, -0.25) is 9.59 Å². The van der Waals surface area contributed by atoms with Crippen molar-refractivity contribution in [1.82, 2.24) is 0 Å². The molecule has 8 aliphatic carbocycles. The number of hydrogen-bond donors (Lipinski definition) is 3. The van der Waals surface area contributed by atoms with Crippen LogP contribution in [0.15, 0.2) is 41.0 Å². The minimum Gasteiger partial charge on any atom is -0.481 e. The minimum atomic E-state index is -0.763. The zero-order chi connectivity index (χ0) is 45.5. The van der Waals surface area contributed by atoms with Gasteiger partial charge in [-0.1, -0.05) is 45.3 Å². The molecule has 2 unspecified atom stereocenters. The number of aliphatic carboxylic acids is 1. The summed E-state index contributed by atoms with van der Waals surface area (Å²) in [6, 6.07) is 5.86. The Morgan fingerprint density at radius 1 is 1.00 bits per heavy atom. The molecule has 350 valence electrons. The number of fused-ring (bicyclic) bond motifs is 9. The monoisotopic (exact) mass is 882 g/mol. The summed E-state index contributed by atoms with van der Waals surface area (Å²) in [4.78, 5) is 25.9. The van der Waals surface area contributed by atoms with Gasteiger partial charge in [0.1, 0.15) is 11.4 Å². The Morgan fingerprint density at radius 2 is 1.80 bits per heavy atom. The van der Waals surface area contributed by atoms with E-state index in [4.69, 9.17) is 9.47 Å². The van der Waals surface area contributed by atoms with Crippen LogP contribution in [0.4, 0.5) is 10.1 Å². The highest BCUT2D eigenvalue weighted by Crippen LogP contribution is 2.70. The van der Waals surface area contributed by atoms with E-state index in [1.54, 1.807) is 6.07 Å². The molecule has 0 heterocycles. The highest BCUT2D eigenvalue weighted by molar-refractivity contribution is 5.93. The lowest BCUT2D eigenvalue weighted by atomic mass is 9.43. The van der Waals surface area contributed by atoms with Crippen molar-refractivity contribution < 1.29 is 38.8 Å². The summed E-state index contributed by atoms with van der Waals surface area (Å²) in [6.07, 6.45) is 14.1. The van der Waals surface area contributed by atoms with Crippen molar-refractivity contribution in [2.45, 2.75) is 167 Å². The zero-order valence-electron chi connectivity index (χ0n) is 39.8. The third kappa shape index (κ3) is 7.28. The molecule has 0 radical (unpaired) electrons. The van der Waals surface area contributed by atoms with Gasteiger partial charge < -0.3 is 29.7 Å². The molecule has 9 rings (SSSR count). The van der Waals surface area contributed by atoms with E-state index < -0.39 is 23.8 Å². The second kappa shape index (κ2) is 17.2. The minimum absolute atomic E-state index is 0.0165. The van der Waals surface area contributed by atoms with Crippen LogP contribution in [0.5, 0.6) is 0 Å². The maximum atomic E-state index is 16.5. The van der Waals surface area contributed by atoms with E-state index in [0.717, 1.165) is 82.6 Å². The average Bonchev–Trinajstić information content (AvgIpc) is 3.77. The van der Waals surface area contributed by atoms with Crippen LogP contribution in [-0.4, -0.2) is 78.3 Å². The number of anilines is 1. The van der Waals surface area contributed by atoms with Crippen LogP contribution < -0.4 is 4.90 Å². The Bertz CT molecular complexity index is 2120. The van der Waals surface area contributed by atoms with E-state index in [-0.39, 0.29) is 75.9 Å². The summed E-state index contributed by atoms with van der Waals surface area (Å²) in [5, 5.41) is 33.3. The molecule has 1 aromatic rings. The highest BCUT2D eigenvalue weighted by atomic mass is 19.1. The molecule has 0 spiro atoms. The molecule has 6 saturated carbocycles. The number of aliphatic hydroxyl groups excluding tert-OH is 2. The normalized spacial score (nSPS) is 42.8. The SMILES string of the molecule is CC#C[C@]1(OC)CCC2C3CCC4=CC(=O)CCC4=C3[C@@H](c3ccc(N(C)CCO[C@H]4CC[C@@]5(C)[C@@H](C4)C[C@@H](O)[C@@H]4[C@@H]5C[C@H](O)[C@]5(C)[C@@H]([C@H](C)CCC(=O)O)CC[C@@H]45)c(F)c3)C[C@@]21C. The number of rotatable bonds is 11. The molecule has 3 N–H and O–H groups in total. The van der Waals surface area contributed by atoms with Crippen molar-refractivity contribution in [2.75, 3.05) is 32.2 Å². The van der Waals surface area contributed by atoms with E-state index in [0.29, 0.717) is 55.9 Å². The summed E-state index contributed by atoms with van der Waals surface area (Å²) in [5.41, 5.74) is 4.51. The number of carboxylic acid groups (broad SMARTS) is 1. The number of ether oxygens (including phenoxy) is 2. The number of benzene rings is 1. The van der Waals surface area contributed by atoms with E-state index in [9.17, 15) is 24.9 Å². The van der Waals surface area contributed by atoms with Gasteiger partial charge in [0.25, 0.3) is 0 Å². The number of likely N-dealkylation sites (N-methyl/N-ethyl adjacent to an activating group) is 1. The van der Waals surface area contributed by atoms with Crippen molar-refractivity contribution in [3.05, 3.63) is 52.4 Å². The van der Waals surface area contributed by atoms with Crippen LogP contribution in [0.2, 0.25) is 0 Å². The number of methoxy groups -OCH3 is 1. The van der Waals surface area contributed by atoms with Crippen LogP contribution in [-0.2, 0) is 19.1 Å². The van der Waals surface area contributed by atoms with Crippen LogP contribution in [0.3, 0.4) is 0 Å². The van der Waals surface area contributed by atoms with Crippen molar-refractivity contribution in [3.8, 4) is 11.8 Å². The summed E-state index contributed by atoms with van der Waals surface area (Å²) in [5.74, 6) is 8.18. The predicted octanol–water partition coefficient (Wildman–Crippen LogP) is 10.1. The molecule has 0 aromatic heterocycles. The molecular weight excluding hydrogens is 806 g/mol. The first-order valence-electron chi connectivity index (χ1n) is 25.2. The largest absolute Gasteiger partial charge is 0.481 e. The first-order valence-corrected chi connectivity index (χ1v) is 25.2. The van der Waals surface area contributed by atoms with Gasteiger partial charge >= 0.3 is 5.97 Å². The number of aliphatic hydroxyl groups is 2. The molecule has 0 amide bonds. The Labute approximate surface area is 382 Å². The fourth-order valence-electron chi connectivity index (χ4n) is 17.1. The van der Waals surface area contributed by atoms with Gasteiger partial charge in [0.2, 0.25) is 0 Å². The van der Waals surface area contributed by atoms with Crippen LogP contribution >= 0.6 is 0 Å². The van der Waals surface area contributed by atoms with Gasteiger partial charge in [0, 0.05) is 44.9 Å². The molecule has 1 aromatic carbocycles. The van der Waals surface area contributed by atoms with Crippen LogP contribution in [0.1, 0.15) is 149 Å². The van der Waals surface area contributed by atoms with Gasteiger partial charge in [-0.15, -0.1) is 5.92 Å². The average molecular weight is 882 g/mol. The Balaban J connectivity index is 0.863. The molecule has 8 nitrogen and oxygen atoms in total. The van der Waals surface area contributed by atoms with Gasteiger partial charge in [-0.25, -0.2) is 4.39 Å². The lowest BCUT2D eigenvalue weighted by molar-refractivity contribution is -0.209. The van der Waals surface area contributed by atoms with Crippen molar-refractivity contribution >= 4 is 17.4 Å². The molecule has 9 heteroatoms. The summed E-state index contributed by atoms with van der Waals surface area (Å²) >= 11 is 0. The maximum Gasteiger partial charge on any atom is 0.303 e. The second-order valence-corrected chi connectivity index (χ2v) is 22.8. The third-order valence-corrected chi connectivity index (χ3v) is 20.4. The molecule has 16 atom stereocenters. The number of ketones is 1. The zero-order valence-corrected chi connectivity index (χ0v) is 39.8. The number of hydrogen-bond acceptors (Lipinski definition) is 7. The molecular formula is C55H76FNO7. The summed E-state index contributed by atoms with van der Waals surface area (Å²) in [6.45, 7) is 12.1. The number of halogens is 1. The molecule has 8 aliphatic rings. The molecule has 0 saturated heterocycles. The molecule has 64 heavy (non-hydrogen) atoms. The summed E-state index contributed by atoms with van der Waals surface area (Å²) < 4.78 is 29.5. The highest BCUT2D eigenvalue weighted by Gasteiger charge is 2.66. The first kappa shape index (κ1) is 46.1. The smallest absolute Gasteiger partial charge is 0.303 e. The number of nitrogens with zero attached hydrogens (tertiary/aromatic N) is 1. The fraction of sp³-hybridized carbons (Fsp3) is 0.745. The van der Waals surface area contributed by atoms with Crippen LogP contribution in [0, 0.1) is 81.2 Å². The van der Waals surface area contributed by atoms with Gasteiger partial charge in [0.15, 0.2) is 5.78 Å². The summed E-state index contributed by atoms with van der Waals surface area (Å²) in [7, 11) is 3.75. The molecule has 0 bridgehead atoms. The lowest BCUT2D eigenvalue weighted by Crippen LogP contribution is -2.62. The Kier molecular flexibility index (Phi) is 12.4. The van der Waals surface area contributed by atoms with Crippen molar-refractivity contribution in [2.24, 2.45) is 63.6 Å². The van der Waals surface area contributed by atoms with Crippen molar-refractivity contribution in [3.63, 3.8) is 0 Å². The number of carboxylic acids is 1.